The highest BCUT2D eigenvalue weighted by atomic mass is 16.4. The zero-order chi connectivity index (χ0) is 14.8. The van der Waals surface area contributed by atoms with Crippen LogP contribution in [0.4, 0.5) is 0 Å². The van der Waals surface area contributed by atoms with E-state index in [4.69, 9.17) is 5.11 Å². The lowest BCUT2D eigenvalue weighted by Gasteiger charge is -2.02. The summed E-state index contributed by atoms with van der Waals surface area (Å²) in [5, 5.41) is 9.04. The lowest BCUT2D eigenvalue weighted by atomic mass is 10.1. The first-order valence-electron chi connectivity index (χ1n) is 6.88. The fourth-order valence-electron chi connectivity index (χ4n) is 2.51. The molecule has 0 aliphatic rings. The third-order valence-corrected chi connectivity index (χ3v) is 3.70. The number of hydrogen-bond acceptors (Lipinski definition) is 2. The minimum absolute atomic E-state index is 0.273. The molecule has 0 bridgehead atoms. The van der Waals surface area contributed by atoms with Gasteiger partial charge in [-0.15, -0.1) is 0 Å². The van der Waals surface area contributed by atoms with Gasteiger partial charge in [0.2, 0.25) is 0 Å². The molecule has 0 amide bonds. The average molecular weight is 280 g/mol. The van der Waals surface area contributed by atoms with E-state index in [1.165, 1.54) is 5.56 Å². The van der Waals surface area contributed by atoms with Crippen LogP contribution in [0.15, 0.2) is 48.5 Å². The molecule has 3 aromatic rings. The number of carboxylic acid groups (broad SMARTS) is 1. The largest absolute Gasteiger partial charge is 0.478 e. The summed E-state index contributed by atoms with van der Waals surface area (Å²) in [7, 11) is 1.97. The molecule has 0 fully saturated rings. The van der Waals surface area contributed by atoms with E-state index >= 15 is 0 Å². The maximum Gasteiger partial charge on any atom is 0.335 e. The summed E-state index contributed by atoms with van der Waals surface area (Å²) < 4.78 is 2.03. The van der Waals surface area contributed by atoms with Gasteiger partial charge in [0.1, 0.15) is 5.82 Å². The molecule has 0 unspecified atom stereocenters. The quantitative estimate of drug-likeness (QED) is 0.799. The third kappa shape index (κ3) is 2.65. The van der Waals surface area contributed by atoms with E-state index in [-0.39, 0.29) is 5.56 Å². The van der Waals surface area contributed by atoms with Crippen molar-refractivity contribution in [2.75, 3.05) is 0 Å². The van der Waals surface area contributed by atoms with Gasteiger partial charge in [-0.1, -0.05) is 30.3 Å². The molecule has 0 aliphatic heterocycles. The molecule has 2 aromatic carbocycles. The molecule has 4 nitrogen and oxygen atoms in total. The summed E-state index contributed by atoms with van der Waals surface area (Å²) in [6.45, 7) is 0. The fourth-order valence-corrected chi connectivity index (χ4v) is 2.51. The summed E-state index contributed by atoms with van der Waals surface area (Å²) in [5.74, 6) is 0.0461. The van der Waals surface area contributed by atoms with Gasteiger partial charge in [0.15, 0.2) is 0 Å². The molecule has 1 N–H and O–H groups in total. The molecule has 1 heterocycles. The first kappa shape index (κ1) is 13.4. The Morgan fingerprint density at radius 1 is 1.14 bits per heavy atom. The maximum atomic E-state index is 11.0. The number of aromatic carboxylic acids is 1. The van der Waals surface area contributed by atoms with Crippen molar-refractivity contribution in [1.29, 1.82) is 0 Å². The lowest BCUT2D eigenvalue weighted by Crippen LogP contribution is -2.00. The van der Waals surface area contributed by atoms with Crippen LogP contribution in [0.3, 0.4) is 0 Å². The lowest BCUT2D eigenvalue weighted by molar-refractivity contribution is 0.0697. The second kappa shape index (κ2) is 5.40. The molecule has 0 aliphatic carbocycles. The Labute approximate surface area is 122 Å². The van der Waals surface area contributed by atoms with Crippen LogP contribution in [0.2, 0.25) is 0 Å². The van der Waals surface area contributed by atoms with Gasteiger partial charge in [-0.05, 0) is 30.2 Å². The standard InChI is InChI=1S/C17H16N2O2/c1-19-15-9-8-13(17(20)21)11-14(15)18-16(19)10-7-12-5-3-2-4-6-12/h2-6,8-9,11H,7,10H2,1H3,(H,20,21). The van der Waals surface area contributed by atoms with Gasteiger partial charge >= 0.3 is 5.97 Å². The van der Waals surface area contributed by atoms with Gasteiger partial charge in [-0.2, -0.15) is 0 Å². The van der Waals surface area contributed by atoms with Gasteiger partial charge in [0.25, 0.3) is 0 Å². The Morgan fingerprint density at radius 2 is 1.90 bits per heavy atom. The van der Waals surface area contributed by atoms with Crippen LogP contribution >= 0.6 is 0 Å². The van der Waals surface area contributed by atoms with Crippen molar-refractivity contribution >= 4 is 17.0 Å². The summed E-state index contributed by atoms with van der Waals surface area (Å²) in [4.78, 5) is 15.6. The van der Waals surface area contributed by atoms with Crippen LogP contribution < -0.4 is 0 Å². The average Bonchev–Trinajstić information content (AvgIpc) is 2.82. The number of fused-ring (bicyclic) bond motifs is 1. The van der Waals surface area contributed by atoms with Crippen molar-refractivity contribution in [2.24, 2.45) is 7.05 Å². The number of aryl methyl sites for hydroxylation is 3. The fraction of sp³-hybridized carbons (Fsp3) is 0.176. The number of aromatic nitrogens is 2. The number of rotatable bonds is 4. The van der Waals surface area contributed by atoms with Crippen molar-refractivity contribution < 1.29 is 9.90 Å². The van der Waals surface area contributed by atoms with Gasteiger partial charge < -0.3 is 9.67 Å². The van der Waals surface area contributed by atoms with E-state index in [1.807, 2.05) is 35.9 Å². The first-order chi connectivity index (χ1) is 10.1. The van der Waals surface area contributed by atoms with Crippen molar-refractivity contribution in [1.82, 2.24) is 9.55 Å². The smallest absolute Gasteiger partial charge is 0.335 e. The molecular weight excluding hydrogens is 264 g/mol. The van der Waals surface area contributed by atoms with Crippen LogP contribution in [0.1, 0.15) is 21.7 Å². The third-order valence-electron chi connectivity index (χ3n) is 3.70. The minimum Gasteiger partial charge on any atom is -0.478 e. The van der Waals surface area contributed by atoms with E-state index < -0.39 is 5.97 Å². The highest BCUT2D eigenvalue weighted by Crippen LogP contribution is 2.18. The summed E-state index contributed by atoms with van der Waals surface area (Å²) >= 11 is 0. The second-order valence-electron chi connectivity index (χ2n) is 5.08. The van der Waals surface area contributed by atoms with E-state index in [1.54, 1.807) is 12.1 Å². The highest BCUT2D eigenvalue weighted by Gasteiger charge is 2.10. The Balaban J connectivity index is 1.89. The number of hydrogen-bond donors (Lipinski definition) is 1. The van der Waals surface area contributed by atoms with Crippen LogP contribution in [0.25, 0.3) is 11.0 Å². The zero-order valence-electron chi connectivity index (χ0n) is 11.8. The number of benzene rings is 2. The Hall–Kier alpha value is -2.62. The first-order valence-corrected chi connectivity index (χ1v) is 6.88. The van der Waals surface area contributed by atoms with Crippen LogP contribution in [-0.2, 0) is 19.9 Å². The molecule has 0 radical (unpaired) electrons. The summed E-state index contributed by atoms with van der Waals surface area (Å²) in [5.41, 5.74) is 3.24. The molecule has 21 heavy (non-hydrogen) atoms. The summed E-state index contributed by atoms with van der Waals surface area (Å²) in [6, 6.07) is 15.3. The zero-order valence-corrected chi connectivity index (χ0v) is 11.8. The molecule has 0 atom stereocenters. The SMILES string of the molecule is Cn1c(CCc2ccccc2)nc2cc(C(=O)O)ccc21. The van der Waals surface area contributed by atoms with E-state index in [2.05, 4.69) is 17.1 Å². The van der Waals surface area contributed by atoms with E-state index in [9.17, 15) is 4.79 Å². The van der Waals surface area contributed by atoms with E-state index in [0.717, 1.165) is 29.7 Å². The molecule has 4 heteroatoms. The number of carboxylic acids is 1. The molecule has 3 rings (SSSR count). The predicted molar refractivity (Wildman–Crippen MR) is 81.5 cm³/mol. The van der Waals surface area contributed by atoms with Crippen LogP contribution in [0, 0.1) is 0 Å². The molecule has 0 saturated heterocycles. The Morgan fingerprint density at radius 3 is 2.62 bits per heavy atom. The normalized spacial score (nSPS) is 10.9. The van der Waals surface area contributed by atoms with E-state index in [0.29, 0.717) is 0 Å². The van der Waals surface area contributed by atoms with Gasteiger partial charge in [0.05, 0.1) is 16.6 Å². The summed E-state index contributed by atoms with van der Waals surface area (Å²) in [6.07, 6.45) is 1.75. The molecule has 106 valence electrons. The number of nitrogens with zero attached hydrogens (tertiary/aromatic N) is 2. The monoisotopic (exact) mass is 280 g/mol. The number of imidazole rings is 1. The van der Waals surface area contributed by atoms with Crippen molar-refractivity contribution in [3.8, 4) is 0 Å². The topological polar surface area (TPSA) is 55.1 Å². The van der Waals surface area contributed by atoms with Gasteiger partial charge in [0, 0.05) is 13.5 Å². The van der Waals surface area contributed by atoms with Gasteiger partial charge in [-0.3, -0.25) is 0 Å². The second-order valence-corrected chi connectivity index (χ2v) is 5.08. The van der Waals surface area contributed by atoms with Crippen molar-refractivity contribution in [2.45, 2.75) is 12.8 Å². The molecule has 0 saturated carbocycles. The molecular formula is C17H16N2O2. The Kier molecular flexibility index (Phi) is 3.44. The molecule has 0 spiro atoms. The molecule has 1 aromatic heterocycles. The van der Waals surface area contributed by atoms with Crippen LogP contribution in [0.5, 0.6) is 0 Å². The maximum absolute atomic E-state index is 11.0. The van der Waals surface area contributed by atoms with Crippen LogP contribution in [-0.4, -0.2) is 20.6 Å². The van der Waals surface area contributed by atoms with Gasteiger partial charge in [-0.25, -0.2) is 9.78 Å². The van der Waals surface area contributed by atoms with Crippen molar-refractivity contribution in [3.05, 3.63) is 65.5 Å². The van der Waals surface area contributed by atoms with Crippen molar-refractivity contribution in [3.63, 3.8) is 0 Å². The minimum atomic E-state index is -0.923. The highest BCUT2D eigenvalue weighted by molar-refractivity contribution is 5.92. The predicted octanol–water partition coefficient (Wildman–Crippen LogP) is 3.06. The Bertz CT molecular complexity index is 791. The number of carbonyl (C=O) groups is 1.